The summed E-state index contributed by atoms with van der Waals surface area (Å²) in [4.78, 5) is 5.01. The van der Waals surface area contributed by atoms with Crippen LogP contribution in [-0.4, -0.2) is 59.3 Å². The summed E-state index contributed by atoms with van der Waals surface area (Å²) in [5.74, 6) is 0. The summed E-state index contributed by atoms with van der Waals surface area (Å²) < 4.78 is 0. The fourth-order valence-electron chi connectivity index (χ4n) is 3.24. The van der Waals surface area contributed by atoms with Crippen molar-refractivity contribution in [2.24, 2.45) is 0 Å². The van der Waals surface area contributed by atoms with Crippen molar-refractivity contribution in [2.45, 2.75) is 51.8 Å². The zero-order valence-electron chi connectivity index (χ0n) is 13.7. The zero-order valence-corrected chi connectivity index (χ0v) is 13.7. The van der Waals surface area contributed by atoms with Crippen molar-refractivity contribution in [3.63, 3.8) is 0 Å². The molecular formula is C18H30N2O. The van der Waals surface area contributed by atoms with Gasteiger partial charge in [0.15, 0.2) is 0 Å². The molecule has 1 saturated heterocycles. The van der Waals surface area contributed by atoms with Gasteiger partial charge in [-0.05, 0) is 39.2 Å². The van der Waals surface area contributed by atoms with Crippen LogP contribution >= 0.6 is 0 Å². The predicted octanol–water partition coefficient (Wildman–Crippen LogP) is 2.39. The molecule has 1 aromatic rings. The number of rotatable bonds is 6. The number of nitrogens with zero attached hydrogens (tertiary/aromatic N) is 2. The average Bonchev–Trinajstić information content (AvgIpc) is 2.47. The number of β-amino-alcohol motifs (C(OH)–C–C–N with tert-alkyl or cyclic N) is 1. The van der Waals surface area contributed by atoms with Crippen LogP contribution in [0.4, 0.5) is 0 Å². The average molecular weight is 290 g/mol. The van der Waals surface area contributed by atoms with Gasteiger partial charge in [0.1, 0.15) is 0 Å². The molecule has 3 nitrogen and oxygen atoms in total. The van der Waals surface area contributed by atoms with Gasteiger partial charge in [-0.1, -0.05) is 30.3 Å². The highest BCUT2D eigenvalue weighted by Crippen LogP contribution is 2.16. The molecule has 0 aliphatic carbocycles. The second kappa shape index (κ2) is 7.92. The molecule has 1 aliphatic heterocycles. The Kier molecular flexibility index (Phi) is 6.22. The molecule has 21 heavy (non-hydrogen) atoms. The van der Waals surface area contributed by atoms with Gasteiger partial charge in [0, 0.05) is 38.3 Å². The summed E-state index contributed by atoms with van der Waals surface area (Å²) in [5, 5.41) is 9.55. The monoisotopic (exact) mass is 290 g/mol. The minimum atomic E-state index is -0.227. The number of aliphatic hydroxyl groups excluding tert-OH is 1. The highest BCUT2D eigenvalue weighted by Gasteiger charge is 2.26. The van der Waals surface area contributed by atoms with E-state index in [0.29, 0.717) is 12.1 Å². The lowest BCUT2D eigenvalue weighted by molar-refractivity contribution is 0.0293. The number of hydrogen-bond acceptors (Lipinski definition) is 3. The third kappa shape index (κ3) is 5.10. The third-order valence-electron chi connectivity index (χ3n) is 4.61. The highest BCUT2D eigenvalue weighted by molar-refractivity contribution is 5.14. The minimum absolute atomic E-state index is 0.227. The molecule has 0 radical (unpaired) electrons. The minimum Gasteiger partial charge on any atom is -0.392 e. The van der Waals surface area contributed by atoms with Gasteiger partial charge in [-0.15, -0.1) is 0 Å². The van der Waals surface area contributed by atoms with E-state index < -0.39 is 0 Å². The summed E-state index contributed by atoms with van der Waals surface area (Å²) in [5.41, 5.74) is 1.44. The quantitative estimate of drug-likeness (QED) is 0.871. The first kappa shape index (κ1) is 16.5. The first-order valence-electron chi connectivity index (χ1n) is 8.26. The van der Waals surface area contributed by atoms with E-state index in [9.17, 15) is 5.11 Å². The van der Waals surface area contributed by atoms with Crippen molar-refractivity contribution >= 4 is 0 Å². The number of aliphatic hydroxyl groups is 1. The first-order chi connectivity index (χ1) is 10.1. The van der Waals surface area contributed by atoms with Crippen molar-refractivity contribution in [1.82, 2.24) is 9.80 Å². The molecule has 0 spiro atoms. The normalized spacial score (nSPS) is 23.9. The van der Waals surface area contributed by atoms with E-state index in [0.717, 1.165) is 32.6 Å². The number of piperazine rings is 1. The van der Waals surface area contributed by atoms with Crippen molar-refractivity contribution in [3.8, 4) is 0 Å². The van der Waals surface area contributed by atoms with E-state index in [2.05, 4.69) is 54.0 Å². The molecular weight excluding hydrogens is 260 g/mol. The highest BCUT2D eigenvalue weighted by atomic mass is 16.3. The topological polar surface area (TPSA) is 26.7 Å². The standard InChI is InChI=1S/C18H30N2O/c1-15(9-10-18-7-5-4-6-8-18)19-11-12-20(14-17(3)21)16(2)13-19/h4-8,15-17,21H,9-14H2,1-3H3/t15-,16-,17+/m1/s1. The van der Waals surface area contributed by atoms with Crippen LogP contribution in [0.3, 0.4) is 0 Å². The largest absolute Gasteiger partial charge is 0.392 e. The Morgan fingerprint density at radius 2 is 1.90 bits per heavy atom. The van der Waals surface area contributed by atoms with E-state index in [1.165, 1.54) is 12.0 Å². The van der Waals surface area contributed by atoms with Crippen molar-refractivity contribution in [1.29, 1.82) is 0 Å². The van der Waals surface area contributed by atoms with Gasteiger partial charge in [-0.2, -0.15) is 0 Å². The second-order valence-corrected chi connectivity index (χ2v) is 6.56. The lowest BCUT2D eigenvalue weighted by atomic mass is 10.0. The van der Waals surface area contributed by atoms with Crippen LogP contribution in [-0.2, 0) is 6.42 Å². The van der Waals surface area contributed by atoms with E-state index >= 15 is 0 Å². The molecule has 0 aromatic heterocycles. The molecule has 1 aromatic carbocycles. The summed E-state index contributed by atoms with van der Waals surface area (Å²) in [6.07, 6.45) is 2.15. The molecule has 0 amide bonds. The molecule has 1 N–H and O–H groups in total. The van der Waals surface area contributed by atoms with E-state index in [1.54, 1.807) is 0 Å². The maximum Gasteiger partial charge on any atom is 0.0639 e. The molecule has 1 heterocycles. The van der Waals surface area contributed by atoms with Crippen LogP contribution in [0, 0.1) is 0 Å². The molecule has 118 valence electrons. The van der Waals surface area contributed by atoms with Crippen LogP contribution in [0.1, 0.15) is 32.8 Å². The van der Waals surface area contributed by atoms with E-state index in [4.69, 9.17) is 0 Å². The lowest BCUT2D eigenvalue weighted by Gasteiger charge is -2.43. The lowest BCUT2D eigenvalue weighted by Crippen LogP contribution is -2.55. The van der Waals surface area contributed by atoms with Crippen molar-refractivity contribution in [3.05, 3.63) is 35.9 Å². The molecule has 2 rings (SSSR count). The molecule has 1 fully saturated rings. The number of aryl methyl sites for hydroxylation is 1. The Morgan fingerprint density at radius 3 is 2.52 bits per heavy atom. The molecule has 0 bridgehead atoms. The van der Waals surface area contributed by atoms with Gasteiger partial charge in [0.25, 0.3) is 0 Å². The Balaban J connectivity index is 1.78. The van der Waals surface area contributed by atoms with E-state index in [-0.39, 0.29) is 6.10 Å². The first-order valence-corrected chi connectivity index (χ1v) is 8.26. The van der Waals surface area contributed by atoms with Crippen LogP contribution in [0.2, 0.25) is 0 Å². The smallest absolute Gasteiger partial charge is 0.0639 e. The zero-order chi connectivity index (χ0) is 15.2. The SMILES string of the molecule is C[C@H](O)CN1CCN([C@H](C)CCc2ccccc2)C[C@H]1C. The Morgan fingerprint density at radius 1 is 1.19 bits per heavy atom. The Bertz CT molecular complexity index is 407. The van der Waals surface area contributed by atoms with Crippen LogP contribution in [0.5, 0.6) is 0 Å². The Labute approximate surface area is 129 Å². The van der Waals surface area contributed by atoms with Crippen molar-refractivity contribution in [2.75, 3.05) is 26.2 Å². The van der Waals surface area contributed by atoms with Gasteiger partial charge < -0.3 is 5.11 Å². The number of hydrogen-bond donors (Lipinski definition) is 1. The second-order valence-electron chi connectivity index (χ2n) is 6.56. The van der Waals surface area contributed by atoms with Gasteiger partial charge in [0.05, 0.1) is 6.10 Å². The van der Waals surface area contributed by atoms with Crippen LogP contribution < -0.4 is 0 Å². The van der Waals surface area contributed by atoms with Gasteiger partial charge in [-0.25, -0.2) is 0 Å². The fraction of sp³-hybridized carbons (Fsp3) is 0.667. The van der Waals surface area contributed by atoms with Gasteiger partial charge >= 0.3 is 0 Å². The van der Waals surface area contributed by atoms with Crippen molar-refractivity contribution < 1.29 is 5.11 Å². The number of benzene rings is 1. The molecule has 1 aliphatic rings. The molecule has 3 heteroatoms. The van der Waals surface area contributed by atoms with Gasteiger partial charge in [0.2, 0.25) is 0 Å². The summed E-state index contributed by atoms with van der Waals surface area (Å²) in [6, 6.07) is 11.9. The van der Waals surface area contributed by atoms with Gasteiger partial charge in [-0.3, -0.25) is 9.80 Å². The Hall–Kier alpha value is -0.900. The fourth-order valence-corrected chi connectivity index (χ4v) is 3.24. The summed E-state index contributed by atoms with van der Waals surface area (Å²) in [7, 11) is 0. The van der Waals surface area contributed by atoms with Crippen LogP contribution in [0.25, 0.3) is 0 Å². The van der Waals surface area contributed by atoms with E-state index in [1.807, 2.05) is 6.92 Å². The maximum absolute atomic E-state index is 9.55. The van der Waals surface area contributed by atoms with Crippen LogP contribution in [0.15, 0.2) is 30.3 Å². The maximum atomic E-state index is 9.55. The molecule has 0 unspecified atom stereocenters. The molecule has 0 saturated carbocycles. The molecule has 3 atom stereocenters. The summed E-state index contributed by atoms with van der Waals surface area (Å²) >= 11 is 0. The predicted molar refractivity (Wildman–Crippen MR) is 88.5 cm³/mol. The summed E-state index contributed by atoms with van der Waals surface area (Å²) in [6.45, 7) is 10.6. The third-order valence-corrected chi connectivity index (χ3v) is 4.61.